The van der Waals surface area contributed by atoms with E-state index in [0.717, 1.165) is 19.3 Å². The molecule has 64 valence electrons. The summed E-state index contributed by atoms with van der Waals surface area (Å²) in [6.45, 7) is 6.34. The van der Waals surface area contributed by atoms with E-state index in [4.69, 9.17) is 0 Å². The van der Waals surface area contributed by atoms with E-state index in [1.165, 1.54) is 0 Å². The molecule has 0 aliphatic heterocycles. The van der Waals surface area contributed by atoms with Gasteiger partial charge in [0.1, 0.15) is 0 Å². The van der Waals surface area contributed by atoms with Gasteiger partial charge >= 0.3 is 0 Å². The Morgan fingerprint density at radius 1 is 1.18 bits per heavy atom. The molecular weight excluding hydrogens is 134 g/mol. The van der Waals surface area contributed by atoms with Crippen molar-refractivity contribution in [2.45, 2.75) is 46.1 Å². The van der Waals surface area contributed by atoms with Crippen molar-refractivity contribution >= 4 is 6.21 Å². The second-order valence-corrected chi connectivity index (χ2v) is 2.88. The van der Waals surface area contributed by atoms with Crippen LogP contribution in [0, 0.1) is 0 Å². The maximum Gasteiger partial charge on any atom is 0.0439 e. The summed E-state index contributed by atoms with van der Waals surface area (Å²) in [7, 11) is 0. The smallest absolute Gasteiger partial charge is 0.0439 e. The molecule has 0 atom stereocenters. The van der Waals surface area contributed by atoms with Gasteiger partial charge in [-0.3, -0.25) is 4.99 Å². The van der Waals surface area contributed by atoms with E-state index in [2.05, 4.69) is 37.9 Å². The zero-order valence-electron chi connectivity index (χ0n) is 7.88. The summed E-state index contributed by atoms with van der Waals surface area (Å²) in [5.74, 6) is 0. The average Bonchev–Trinajstić information content (AvgIpc) is 1.96. The molecule has 1 nitrogen and oxygen atoms in total. The van der Waals surface area contributed by atoms with Crippen molar-refractivity contribution in [2.24, 2.45) is 4.99 Å². The molecule has 0 saturated carbocycles. The quantitative estimate of drug-likeness (QED) is 0.327. The Hall–Kier alpha value is -0.590. The fraction of sp³-hybridized carbons (Fsp3) is 0.700. The molecule has 0 aliphatic rings. The molecule has 0 rings (SSSR count). The van der Waals surface area contributed by atoms with Gasteiger partial charge < -0.3 is 0 Å². The minimum absolute atomic E-state index is 0.449. The first-order valence-electron chi connectivity index (χ1n) is 4.44. The Morgan fingerprint density at radius 2 is 1.91 bits per heavy atom. The van der Waals surface area contributed by atoms with Crippen LogP contribution in [-0.2, 0) is 0 Å². The van der Waals surface area contributed by atoms with Crippen LogP contribution in [-0.4, -0.2) is 12.3 Å². The van der Waals surface area contributed by atoms with Crippen LogP contribution >= 0.6 is 0 Å². The highest BCUT2D eigenvalue weighted by Gasteiger charge is 1.82. The standard InChI is InChI=1S/C10H19N/c1-4-5-6-7-8-9-11-10(2)3/h5-6,9-10H,4,7-8H2,1-3H3/b6-5+,11-9+. The van der Waals surface area contributed by atoms with E-state index in [-0.39, 0.29) is 0 Å². The highest BCUT2D eigenvalue weighted by Crippen LogP contribution is 1.91. The van der Waals surface area contributed by atoms with Gasteiger partial charge in [-0.2, -0.15) is 0 Å². The van der Waals surface area contributed by atoms with E-state index in [1.54, 1.807) is 0 Å². The lowest BCUT2D eigenvalue weighted by Crippen LogP contribution is -1.88. The SMILES string of the molecule is CC/C=C/CC/C=N/C(C)C. The van der Waals surface area contributed by atoms with E-state index in [9.17, 15) is 0 Å². The molecule has 0 fully saturated rings. The van der Waals surface area contributed by atoms with Crippen LogP contribution in [0.3, 0.4) is 0 Å². The first-order chi connectivity index (χ1) is 5.27. The number of rotatable bonds is 5. The first kappa shape index (κ1) is 10.4. The van der Waals surface area contributed by atoms with Crippen molar-refractivity contribution in [3.8, 4) is 0 Å². The van der Waals surface area contributed by atoms with E-state index in [1.807, 2.05) is 6.21 Å². The zero-order valence-corrected chi connectivity index (χ0v) is 7.88. The largest absolute Gasteiger partial charge is 0.295 e. The third-order valence-electron chi connectivity index (χ3n) is 1.27. The molecule has 0 heterocycles. The van der Waals surface area contributed by atoms with Crippen molar-refractivity contribution in [1.29, 1.82) is 0 Å². The van der Waals surface area contributed by atoms with Gasteiger partial charge in [-0.1, -0.05) is 19.1 Å². The fourth-order valence-corrected chi connectivity index (χ4v) is 0.741. The van der Waals surface area contributed by atoms with Crippen LogP contribution in [0.5, 0.6) is 0 Å². The summed E-state index contributed by atoms with van der Waals surface area (Å²) >= 11 is 0. The van der Waals surface area contributed by atoms with Gasteiger partial charge in [0, 0.05) is 6.04 Å². The Bertz CT molecular complexity index is 123. The summed E-state index contributed by atoms with van der Waals surface area (Å²) in [6.07, 6.45) is 9.78. The average molecular weight is 153 g/mol. The molecule has 0 aliphatic carbocycles. The Morgan fingerprint density at radius 3 is 2.45 bits per heavy atom. The number of unbranched alkanes of at least 4 members (excludes halogenated alkanes) is 1. The molecule has 0 aromatic heterocycles. The molecule has 0 radical (unpaired) electrons. The van der Waals surface area contributed by atoms with Crippen LogP contribution in [0.2, 0.25) is 0 Å². The fourth-order valence-electron chi connectivity index (χ4n) is 0.741. The number of hydrogen-bond donors (Lipinski definition) is 0. The maximum absolute atomic E-state index is 4.26. The lowest BCUT2D eigenvalue weighted by Gasteiger charge is -1.92. The second-order valence-electron chi connectivity index (χ2n) is 2.88. The zero-order chi connectivity index (χ0) is 8.53. The molecule has 0 amide bonds. The van der Waals surface area contributed by atoms with Gasteiger partial charge in [0.25, 0.3) is 0 Å². The first-order valence-corrected chi connectivity index (χ1v) is 4.44. The molecule has 1 heteroatoms. The van der Waals surface area contributed by atoms with E-state index >= 15 is 0 Å². The predicted octanol–water partition coefficient (Wildman–Crippen LogP) is 3.21. The molecule has 0 spiro atoms. The number of allylic oxidation sites excluding steroid dienone is 2. The second kappa shape index (κ2) is 7.52. The molecule has 0 saturated heterocycles. The summed E-state index contributed by atoms with van der Waals surface area (Å²) in [5, 5.41) is 0. The molecule has 0 bridgehead atoms. The number of nitrogens with zero attached hydrogens (tertiary/aromatic N) is 1. The normalized spacial score (nSPS) is 12.4. The minimum atomic E-state index is 0.449. The third kappa shape index (κ3) is 9.41. The van der Waals surface area contributed by atoms with E-state index in [0.29, 0.717) is 6.04 Å². The summed E-state index contributed by atoms with van der Waals surface area (Å²) in [6, 6.07) is 0.449. The van der Waals surface area contributed by atoms with Gasteiger partial charge in [-0.05, 0) is 39.3 Å². The molecule has 0 aromatic rings. The third-order valence-corrected chi connectivity index (χ3v) is 1.27. The summed E-state index contributed by atoms with van der Waals surface area (Å²) in [4.78, 5) is 4.26. The highest BCUT2D eigenvalue weighted by atomic mass is 14.7. The molecule has 0 unspecified atom stereocenters. The molecule has 11 heavy (non-hydrogen) atoms. The van der Waals surface area contributed by atoms with Crippen LogP contribution in [0.25, 0.3) is 0 Å². The van der Waals surface area contributed by atoms with Gasteiger partial charge in [-0.25, -0.2) is 0 Å². The summed E-state index contributed by atoms with van der Waals surface area (Å²) < 4.78 is 0. The summed E-state index contributed by atoms with van der Waals surface area (Å²) in [5.41, 5.74) is 0. The number of aliphatic imine (C=N–C) groups is 1. The van der Waals surface area contributed by atoms with E-state index < -0.39 is 0 Å². The number of hydrogen-bond acceptors (Lipinski definition) is 1. The van der Waals surface area contributed by atoms with Crippen LogP contribution < -0.4 is 0 Å². The lowest BCUT2D eigenvalue weighted by molar-refractivity contribution is 0.835. The maximum atomic E-state index is 4.26. The Balaban J connectivity index is 3.20. The van der Waals surface area contributed by atoms with Gasteiger partial charge in [0.15, 0.2) is 0 Å². The lowest BCUT2D eigenvalue weighted by atomic mass is 10.3. The van der Waals surface area contributed by atoms with Gasteiger partial charge in [0.05, 0.1) is 0 Å². The monoisotopic (exact) mass is 153 g/mol. The minimum Gasteiger partial charge on any atom is -0.295 e. The topological polar surface area (TPSA) is 12.4 Å². The van der Waals surface area contributed by atoms with Crippen LogP contribution in [0.1, 0.15) is 40.0 Å². The predicted molar refractivity (Wildman–Crippen MR) is 52.3 cm³/mol. The van der Waals surface area contributed by atoms with Crippen molar-refractivity contribution in [3.63, 3.8) is 0 Å². The highest BCUT2D eigenvalue weighted by molar-refractivity contribution is 5.57. The molecule has 0 N–H and O–H groups in total. The van der Waals surface area contributed by atoms with Crippen molar-refractivity contribution in [1.82, 2.24) is 0 Å². The van der Waals surface area contributed by atoms with Crippen molar-refractivity contribution in [3.05, 3.63) is 12.2 Å². The molecular formula is C10H19N. The van der Waals surface area contributed by atoms with Crippen molar-refractivity contribution in [2.75, 3.05) is 0 Å². The Kier molecular flexibility index (Phi) is 7.11. The van der Waals surface area contributed by atoms with Gasteiger partial charge in [-0.15, -0.1) is 0 Å². The van der Waals surface area contributed by atoms with Crippen molar-refractivity contribution < 1.29 is 0 Å². The Labute approximate surface area is 70.2 Å². The van der Waals surface area contributed by atoms with Gasteiger partial charge in [0.2, 0.25) is 0 Å². The van der Waals surface area contributed by atoms with Crippen LogP contribution in [0.15, 0.2) is 17.1 Å². The molecule has 0 aromatic carbocycles. The van der Waals surface area contributed by atoms with Crippen LogP contribution in [0.4, 0.5) is 0 Å².